The molecule has 0 radical (unpaired) electrons. The van der Waals surface area contributed by atoms with E-state index in [1.165, 1.54) is 58.2 Å². The van der Waals surface area contributed by atoms with Gasteiger partial charge in [-0.3, -0.25) is 14.5 Å². The predicted molar refractivity (Wildman–Crippen MR) is 140 cm³/mol. The van der Waals surface area contributed by atoms with Crippen LogP contribution in [0.5, 0.6) is 0 Å². The smallest absolute Gasteiger partial charge is 0.352 e. The standard InChI is InChI=1S/C23H20N4O5S4/c1-32-23(24-16(28)10-15-8-5-9-33-15)20(31)27-17(19(29)30)14(11-34-21(23)27)12-35-22-26-25-18(36-22)13-6-3-2-4-7-13/h2-9,21H,10-12H2,1H3,(H,24,28)(H,29,30)/t21-,23?/m0/s1. The van der Waals surface area contributed by atoms with Crippen LogP contribution in [0, 0.1) is 0 Å². The molecule has 4 heterocycles. The van der Waals surface area contributed by atoms with Gasteiger partial charge in [-0.2, -0.15) is 0 Å². The maximum Gasteiger partial charge on any atom is 0.352 e. The number of amides is 2. The molecule has 0 bridgehead atoms. The van der Waals surface area contributed by atoms with Gasteiger partial charge in [0, 0.05) is 29.1 Å². The highest BCUT2D eigenvalue weighted by Crippen LogP contribution is 2.47. The number of nitrogens with one attached hydrogen (secondary N) is 1. The van der Waals surface area contributed by atoms with Crippen molar-refractivity contribution in [3.05, 3.63) is 64.0 Å². The van der Waals surface area contributed by atoms with Gasteiger partial charge in [-0.05, 0) is 17.0 Å². The molecule has 1 unspecified atom stereocenters. The summed E-state index contributed by atoms with van der Waals surface area (Å²) in [6.07, 6.45) is 0.115. The summed E-state index contributed by atoms with van der Waals surface area (Å²) in [7, 11) is 1.34. The number of carbonyl (C=O) groups is 3. The molecule has 186 valence electrons. The number of aromatic nitrogens is 2. The Labute approximate surface area is 222 Å². The molecule has 2 atom stereocenters. The SMILES string of the molecule is COC1(NC(=O)Cc2cccs2)C(=O)N2C(C(=O)O)=C(CSc3nnc(-c4ccccc4)s3)CS[C@H]21. The predicted octanol–water partition coefficient (Wildman–Crippen LogP) is 3.31. The molecule has 5 rings (SSSR count). The molecule has 13 heteroatoms. The molecule has 0 saturated carbocycles. The number of β-lactam (4-membered cyclic amide) rings is 1. The van der Waals surface area contributed by atoms with Crippen LogP contribution in [0.15, 0.2) is 63.5 Å². The molecular formula is C23H20N4O5S4. The highest BCUT2D eigenvalue weighted by molar-refractivity contribution is 8.02. The van der Waals surface area contributed by atoms with Crippen LogP contribution in [-0.2, 0) is 25.5 Å². The number of nitrogens with zero attached hydrogens (tertiary/aromatic N) is 3. The third-order valence-corrected chi connectivity index (χ3v) is 10.1. The first-order valence-corrected chi connectivity index (χ1v) is 14.5. The number of thiophene rings is 1. The fourth-order valence-electron chi connectivity index (χ4n) is 3.99. The van der Waals surface area contributed by atoms with Crippen molar-refractivity contribution in [1.29, 1.82) is 0 Å². The van der Waals surface area contributed by atoms with Crippen molar-refractivity contribution in [2.45, 2.75) is 21.9 Å². The zero-order chi connectivity index (χ0) is 25.3. The van der Waals surface area contributed by atoms with E-state index in [9.17, 15) is 19.5 Å². The second-order valence-electron chi connectivity index (χ2n) is 7.87. The van der Waals surface area contributed by atoms with Crippen molar-refractivity contribution in [1.82, 2.24) is 20.4 Å². The number of carboxylic acids is 1. The van der Waals surface area contributed by atoms with Gasteiger partial charge in [-0.1, -0.05) is 59.5 Å². The minimum absolute atomic E-state index is 0.0655. The first kappa shape index (κ1) is 25.0. The first-order chi connectivity index (χ1) is 17.4. The van der Waals surface area contributed by atoms with Gasteiger partial charge in [0.15, 0.2) is 4.34 Å². The molecule has 2 aliphatic heterocycles. The number of methoxy groups -OCH3 is 1. The topological polar surface area (TPSA) is 122 Å². The Morgan fingerprint density at radius 3 is 2.75 bits per heavy atom. The summed E-state index contributed by atoms with van der Waals surface area (Å²) in [4.78, 5) is 40.2. The van der Waals surface area contributed by atoms with E-state index in [2.05, 4.69) is 15.5 Å². The molecule has 0 aliphatic carbocycles. The zero-order valence-electron chi connectivity index (χ0n) is 18.9. The van der Waals surface area contributed by atoms with E-state index in [0.29, 0.717) is 21.4 Å². The molecular weight excluding hydrogens is 541 g/mol. The number of ether oxygens (including phenoxy) is 1. The Hall–Kier alpha value is -2.71. The summed E-state index contributed by atoms with van der Waals surface area (Å²) in [5.41, 5.74) is -0.0914. The van der Waals surface area contributed by atoms with Gasteiger partial charge in [0.05, 0.1) is 6.42 Å². The number of hydrogen-bond acceptors (Lipinski definition) is 10. The number of fused-ring (bicyclic) bond motifs is 1. The average molecular weight is 561 g/mol. The average Bonchev–Trinajstić information content (AvgIpc) is 3.58. The summed E-state index contributed by atoms with van der Waals surface area (Å²) in [6, 6.07) is 13.4. The second kappa shape index (κ2) is 10.3. The normalized spacial score (nSPS) is 21.2. The third kappa shape index (κ3) is 4.57. The van der Waals surface area contributed by atoms with Crippen molar-refractivity contribution in [3.8, 4) is 10.6 Å². The van der Waals surface area contributed by atoms with E-state index in [1.54, 1.807) is 0 Å². The molecule has 2 amide bonds. The fraction of sp³-hybridized carbons (Fsp3) is 0.261. The molecule has 1 saturated heterocycles. The van der Waals surface area contributed by atoms with E-state index >= 15 is 0 Å². The number of rotatable bonds is 9. The Morgan fingerprint density at radius 2 is 2.06 bits per heavy atom. The lowest BCUT2D eigenvalue weighted by Gasteiger charge is -2.55. The van der Waals surface area contributed by atoms with E-state index in [-0.39, 0.29) is 18.0 Å². The largest absolute Gasteiger partial charge is 0.477 e. The summed E-state index contributed by atoms with van der Waals surface area (Å²) in [5, 5.41) is 23.1. The molecule has 2 aliphatic rings. The van der Waals surface area contributed by atoms with Gasteiger partial charge in [-0.15, -0.1) is 33.3 Å². The van der Waals surface area contributed by atoms with Crippen LogP contribution < -0.4 is 5.32 Å². The quantitative estimate of drug-likeness (QED) is 0.231. The molecule has 1 aromatic carbocycles. The third-order valence-electron chi connectivity index (χ3n) is 5.67. The van der Waals surface area contributed by atoms with Gasteiger partial charge in [-0.25, -0.2) is 4.79 Å². The highest BCUT2D eigenvalue weighted by atomic mass is 32.2. The van der Waals surface area contributed by atoms with Crippen molar-refractivity contribution >= 4 is 64.0 Å². The fourth-order valence-corrected chi connectivity index (χ4v) is 8.13. The van der Waals surface area contributed by atoms with Gasteiger partial charge in [0.25, 0.3) is 11.6 Å². The minimum Gasteiger partial charge on any atom is -0.477 e. The summed E-state index contributed by atoms with van der Waals surface area (Å²) in [6.45, 7) is 0. The monoisotopic (exact) mass is 560 g/mol. The Morgan fingerprint density at radius 1 is 1.25 bits per heavy atom. The van der Waals surface area contributed by atoms with Crippen molar-refractivity contribution in [3.63, 3.8) is 0 Å². The van der Waals surface area contributed by atoms with Gasteiger partial charge in [0.1, 0.15) is 16.1 Å². The second-order valence-corrected chi connectivity index (χ2v) is 12.2. The molecule has 36 heavy (non-hydrogen) atoms. The van der Waals surface area contributed by atoms with Gasteiger partial charge in [0.2, 0.25) is 5.91 Å². The van der Waals surface area contributed by atoms with Crippen LogP contribution in [0.25, 0.3) is 10.6 Å². The summed E-state index contributed by atoms with van der Waals surface area (Å²) in [5.74, 6) is -1.43. The Bertz CT molecular complexity index is 1330. The molecule has 9 nitrogen and oxygen atoms in total. The molecule has 1 fully saturated rings. The molecule has 2 N–H and O–H groups in total. The number of thioether (sulfide) groups is 2. The maximum atomic E-state index is 13.2. The van der Waals surface area contributed by atoms with E-state index < -0.39 is 23.0 Å². The number of carbonyl (C=O) groups excluding carboxylic acids is 2. The zero-order valence-corrected chi connectivity index (χ0v) is 22.1. The van der Waals surface area contributed by atoms with Crippen LogP contribution in [0.3, 0.4) is 0 Å². The number of carboxylic acid groups (broad SMARTS) is 1. The Kier molecular flexibility index (Phi) is 7.17. The van der Waals surface area contributed by atoms with E-state index in [0.717, 1.165) is 15.4 Å². The van der Waals surface area contributed by atoms with Crippen LogP contribution >= 0.6 is 46.2 Å². The lowest BCUT2D eigenvalue weighted by atomic mass is 9.98. The number of benzene rings is 1. The van der Waals surface area contributed by atoms with Crippen molar-refractivity contribution in [2.24, 2.45) is 0 Å². The van der Waals surface area contributed by atoms with Crippen molar-refractivity contribution < 1.29 is 24.2 Å². The highest BCUT2D eigenvalue weighted by Gasteiger charge is 2.66. The van der Waals surface area contributed by atoms with Crippen LogP contribution in [-0.4, -0.2) is 67.7 Å². The molecule has 2 aromatic heterocycles. The minimum atomic E-state index is -1.60. The van der Waals surface area contributed by atoms with E-state index in [4.69, 9.17) is 4.74 Å². The molecule has 3 aromatic rings. The Balaban J connectivity index is 1.31. The lowest BCUT2D eigenvalue weighted by Crippen LogP contribution is -2.80. The van der Waals surface area contributed by atoms with Crippen LogP contribution in [0.4, 0.5) is 0 Å². The van der Waals surface area contributed by atoms with Crippen LogP contribution in [0.2, 0.25) is 0 Å². The summed E-state index contributed by atoms with van der Waals surface area (Å²) < 4.78 is 6.21. The summed E-state index contributed by atoms with van der Waals surface area (Å²) >= 11 is 5.62. The lowest BCUT2D eigenvalue weighted by molar-refractivity contribution is -0.192. The number of hydrogen-bond donors (Lipinski definition) is 2. The van der Waals surface area contributed by atoms with Gasteiger partial charge < -0.3 is 15.2 Å². The molecule has 0 spiro atoms. The maximum absolute atomic E-state index is 13.2. The van der Waals surface area contributed by atoms with Gasteiger partial charge >= 0.3 is 5.97 Å². The van der Waals surface area contributed by atoms with Crippen molar-refractivity contribution in [2.75, 3.05) is 18.6 Å². The van der Waals surface area contributed by atoms with Crippen LogP contribution in [0.1, 0.15) is 4.88 Å². The van der Waals surface area contributed by atoms with E-state index in [1.807, 2.05) is 47.8 Å². The first-order valence-electron chi connectivity index (χ1n) is 10.7. The number of aliphatic carboxylic acids is 1.